The van der Waals surface area contributed by atoms with Crippen molar-refractivity contribution in [2.24, 2.45) is 44.8 Å². The number of esters is 1. The summed E-state index contributed by atoms with van der Waals surface area (Å²) in [4.78, 5) is 13.9. The van der Waals surface area contributed by atoms with Crippen molar-refractivity contribution in [2.45, 2.75) is 247 Å². The molecule has 12 N–H and O–H groups in total. The minimum absolute atomic E-state index is 0.110. The summed E-state index contributed by atoms with van der Waals surface area (Å²) < 4.78 is 55.6. The van der Waals surface area contributed by atoms with Gasteiger partial charge in [-0.05, 0) is 112 Å². The Kier molecular flexibility index (Phi) is 14.8. The van der Waals surface area contributed by atoms with E-state index in [1.54, 1.807) is 0 Å². The van der Waals surface area contributed by atoms with Crippen molar-refractivity contribution in [3.05, 3.63) is 11.6 Å². The number of carbonyl (C=O) groups is 1. The van der Waals surface area contributed by atoms with Crippen LogP contribution in [0.1, 0.15) is 113 Å². The Morgan fingerprint density at radius 1 is 0.600 bits per heavy atom. The largest absolute Gasteiger partial charge is 0.456 e. The van der Waals surface area contributed by atoms with E-state index in [1.807, 2.05) is 13.8 Å². The molecule has 6 saturated heterocycles. The van der Waals surface area contributed by atoms with Gasteiger partial charge >= 0.3 is 5.97 Å². The summed E-state index contributed by atoms with van der Waals surface area (Å²) in [6.45, 7) is 14.7. The third-order valence-electron chi connectivity index (χ3n) is 21.9. The number of hydrogen-bond acceptors (Lipinski definition) is 22. The van der Waals surface area contributed by atoms with Crippen molar-refractivity contribution in [1.29, 1.82) is 0 Å². The van der Waals surface area contributed by atoms with E-state index < -0.39 is 165 Å². The van der Waals surface area contributed by atoms with Crippen LogP contribution in [-0.2, 0) is 47.4 Å². The fraction of sp³-hybridized carbons (Fsp3) is 0.943. The first-order chi connectivity index (χ1) is 35.1. The van der Waals surface area contributed by atoms with Gasteiger partial charge in [0.2, 0.25) is 0 Å². The number of carbonyl (C=O) groups excluding carboxylic acids is 1. The lowest BCUT2D eigenvalue weighted by Gasteiger charge is -2.73. The molecule has 0 radical (unpaired) electrons. The smallest absolute Gasteiger partial charge is 0.313 e. The van der Waals surface area contributed by atoms with Gasteiger partial charge in [-0.25, -0.2) is 0 Å². The quantitative estimate of drug-likeness (QED) is 0.0692. The molecular weight excluding hydrogens is 989 g/mol. The lowest BCUT2D eigenvalue weighted by Crippen LogP contribution is -2.75. The van der Waals surface area contributed by atoms with E-state index in [0.717, 1.165) is 32.1 Å². The van der Waals surface area contributed by atoms with Crippen molar-refractivity contribution in [3.63, 3.8) is 0 Å². The summed E-state index contributed by atoms with van der Waals surface area (Å²) in [5.41, 5.74) is -2.99. The molecule has 10 fully saturated rings. The zero-order chi connectivity index (χ0) is 54.5. The highest BCUT2D eigenvalue weighted by molar-refractivity contribution is 5.82. The van der Waals surface area contributed by atoms with Crippen LogP contribution >= 0.6 is 0 Å². The van der Waals surface area contributed by atoms with Gasteiger partial charge in [-0.3, -0.25) is 4.79 Å². The molecule has 6 heterocycles. The van der Waals surface area contributed by atoms with Crippen LogP contribution in [0.3, 0.4) is 0 Å². The molecule has 2 bridgehead atoms. The van der Waals surface area contributed by atoms with Gasteiger partial charge in [0.15, 0.2) is 25.2 Å². The van der Waals surface area contributed by atoms with Crippen LogP contribution in [0.25, 0.3) is 0 Å². The first kappa shape index (κ1) is 56.7. The van der Waals surface area contributed by atoms with Crippen molar-refractivity contribution in [2.75, 3.05) is 19.8 Å². The predicted molar refractivity (Wildman–Crippen MR) is 255 cm³/mol. The average molecular weight is 1070 g/mol. The molecule has 428 valence electrons. The zero-order valence-electron chi connectivity index (χ0n) is 44.3. The summed E-state index contributed by atoms with van der Waals surface area (Å²) >= 11 is 0. The van der Waals surface area contributed by atoms with Crippen LogP contribution < -0.4 is 0 Å². The molecule has 0 amide bonds. The number of rotatable bonds is 10. The Hall–Kier alpha value is -1.59. The number of allylic oxidation sites excluding steroid dienone is 1. The fourth-order valence-electron chi connectivity index (χ4n) is 16.9. The maximum absolute atomic E-state index is 13.9. The Labute approximate surface area is 437 Å². The molecule has 6 aliphatic heterocycles. The number of aliphatic hydroxyl groups is 12. The second-order valence-electron chi connectivity index (χ2n) is 25.8. The van der Waals surface area contributed by atoms with Crippen LogP contribution in [-0.4, -0.2) is 221 Å². The van der Waals surface area contributed by atoms with Gasteiger partial charge in [0, 0.05) is 5.92 Å². The highest BCUT2D eigenvalue weighted by atomic mass is 16.8. The summed E-state index contributed by atoms with van der Waals surface area (Å²) in [6.07, 6.45) is -23.3. The van der Waals surface area contributed by atoms with Gasteiger partial charge in [-0.1, -0.05) is 46.3 Å². The molecule has 29 atom stereocenters. The Bertz CT molecular complexity index is 2140. The van der Waals surface area contributed by atoms with E-state index in [4.69, 9.17) is 42.6 Å². The summed E-state index contributed by atoms with van der Waals surface area (Å²) in [7, 11) is 0. The summed E-state index contributed by atoms with van der Waals surface area (Å²) in [5, 5.41) is 132. The second-order valence-corrected chi connectivity index (χ2v) is 25.8. The number of fused-ring (bicyclic) bond motifs is 7. The van der Waals surface area contributed by atoms with Crippen molar-refractivity contribution in [3.8, 4) is 0 Å². The molecule has 8 unspecified atom stereocenters. The van der Waals surface area contributed by atoms with Gasteiger partial charge < -0.3 is 104 Å². The molecule has 22 nitrogen and oxygen atoms in total. The highest BCUT2D eigenvalue weighted by Crippen LogP contribution is 2.77. The van der Waals surface area contributed by atoms with Crippen molar-refractivity contribution in [1.82, 2.24) is 0 Å². The maximum atomic E-state index is 13.9. The van der Waals surface area contributed by atoms with Crippen LogP contribution in [0.5, 0.6) is 0 Å². The zero-order valence-corrected chi connectivity index (χ0v) is 44.3. The van der Waals surface area contributed by atoms with Gasteiger partial charge in [-0.15, -0.1) is 0 Å². The minimum Gasteiger partial charge on any atom is -0.456 e. The lowest BCUT2D eigenvalue weighted by molar-refractivity contribution is -0.401. The molecule has 0 aromatic rings. The van der Waals surface area contributed by atoms with E-state index in [0.29, 0.717) is 25.7 Å². The molecule has 1 spiro atoms. The first-order valence-electron chi connectivity index (χ1n) is 27.3. The Morgan fingerprint density at radius 2 is 1.19 bits per heavy atom. The average Bonchev–Trinajstić information content (AvgIpc) is 3.36. The first-order valence-corrected chi connectivity index (χ1v) is 27.3. The van der Waals surface area contributed by atoms with E-state index in [1.165, 1.54) is 12.5 Å². The molecule has 0 aromatic carbocycles. The topological polar surface area (TPSA) is 343 Å². The normalized spacial score (nSPS) is 57.4. The van der Waals surface area contributed by atoms with Crippen LogP contribution in [0.15, 0.2) is 11.6 Å². The van der Waals surface area contributed by atoms with Gasteiger partial charge in [0.1, 0.15) is 96.7 Å². The summed E-state index contributed by atoms with van der Waals surface area (Å²) in [6, 6.07) is 0. The van der Waals surface area contributed by atoms with Crippen molar-refractivity contribution >= 4 is 5.97 Å². The Balaban J connectivity index is 0.936. The molecule has 22 heteroatoms. The SMILES string of the molecule is C[C@@H]1OC(O[C@H]2C(O[C@H]3CC[C@@]4(C)C(CC[C@]5(C)C4CC=C4C6C7(CC[C@](C)(OC7=O)[C@@]6(C)O)CC[C@]45C)C3(C)C)OC[C@H](O)[C@@H]2OC2O[C@H](CO)[C@@H](O)[C@H](O)[C@H]2OC2O[C@H](CO)[C@@H](O)[C@H](O)[C@H]2O)[C@H](O)[C@H](O)[C@H]1O. The highest BCUT2D eigenvalue weighted by Gasteiger charge is 2.77. The van der Waals surface area contributed by atoms with E-state index in [-0.39, 0.29) is 40.0 Å². The number of aliphatic hydroxyl groups excluding tert-OH is 11. The molecule has 11 aliphatic rings. The minimum atomic E-state index is -1.96. The molecule has 5 aliphatic carbocycles. The third-order valence-corrected chi connectivity index (χ3v) is 21.9. The van der Waals surface area contributed by atoms with E-state index >= 15 is 0 Å². The Morgan fingerprint density at radius 3 is 1.84 bits per heavy atom. The van der Waals surface area contributed by atoms with Crippen LogP contribution in [0, 0.1) is 44.8 Å². The predicted octanol–water partition coefficient (Wildman–Crippen LogP) is -1.24. The van der Waals surface area contributed by atoms with Crippen LogP contribution in [0.4, 0.5) is 0 Å². The molecular formula is C53H84O22. The van der Waals surface area contributed by atoms with E-state index in [2.05, 4.69) is 40.7 Å². The fourth-order valence-corrected chi connectivity index (χ4v) is 16.9. The van der Waals surface area contributed by atoms with Crippen LogP contribution in [0.2, 0.25) is 0 Å². The molecule has 4 saturated carbocycles. The summed E-state index contributed by atoms with van der Waals surface area (Å²) in [5.74, 6) is -0.192. The van der Waals surface area contributed by atoms with Gasteiger partial charge in [0.25, 0.3) is 0 Å². The number of hydrogen-bond donors (Lipinski definition) is 12. The lowest BCUT2D eigenvalue weighted by atomic mass is 9.32. The number of ether oxygens (including phenoxy) is 9. The van der Waals surface area contributed by atoms with Gasteiger partial charge in [0.05, 0.1) is 37.4 Å². The standard InChI is InChI=1S/C53H84O22/c1-22-30(57)33(60)36(63)42(68-22)74-40-38(72-45-39(35(62)32(59)26(20-55)70-45)73-43-37(64)34(61)31(58)25(19-54)69-43)24(56)21-67-44(40)71-29-12-13-48(4)27(47(29,2)3)11-14-50(6)28(48)10-9-23-41-52(8,66)51(7)16-18-53(41,46(65)75-51)17-15-49(23,50)5/h9,22,24-45,54-64,66H,10-21H2,1-8H3/t22-,24-,25+,26+,27?,28?,29-,30-,31+,32+,33+,34-,35-,36+,37+,38-,39+,40+,41?,42?,43?,44?,45?,48-,49+,50+,51-,52-,53?/m0/s1. The van der Waals surface area contributed by atoms with Gasteiger partial charge in [-0.2, -0.15) is 0 Å². The maximum Gasteiger partial charge on any atom is 0.313 e. The monoisotopic (exact) mass is 1070 g/mol. The van der Waals surface area contributed by atoms with Crippen molar-refractivity contribution < 1.29 is 109 Å². The molecule has 0 aromatic heterocycles. The van der Waals surface area contributed by atoms with E-state index in [9.17, 15) is 66.1 Å². The molecule has 75 heavy (non-hydrogen) atoms. The molecule has 11 rings (SSSR count). The third kappa shape index (κ3) is 8.34. The second kappa shape index (κ2) is 19.6.